The molecule has 0 aliphatic carbocycles. The van der Waals surface area contributed by atoms with Crippen molar-refractivity contribution in [1.82, 2.24) is 14.8 Å². The number of aromatic nitrogens is 3. The Hall–Kier alpha value is -2.21. The lowest BCUT2D eigenvalue weighted by Crippen LogP contribution is -2.29. The SMILES string of the molecule is CCCC(CN)C(=O)Nc1ccccc1-n1cncn1. The lowest BCUT2D eigenvalue weighted by Gasteiger charge is -2.16. The van der Waals surface area contributed by atoms with Gasteiger partial charge in [-0.3, -0.25) is 4.79 Å². The number of nitrogens with one attached hydrogen (secondary N) is 1. The molecule has 1 atom stereocenters. The van der Waals surface area contributed by atoms with Crippen LogP contribution in [0.15, 0.2) is 36.9 Å². The Morgan fingerprint density at radius 3 is 2.90 bits per heavy atom. The summed E-state index contributed by atoms with van der Waals surface area (Å²) in [7, 11) is 0. The Bertz CT molecular complexity index is 552. The standard InChI is InChI=1S/C14H19N5O/c1-2-5-11(8-15)14(20)18-12-6-3-4-7-13(12)19-10-16-9-17-19/h3-4,6-7,9-11H,2,5,8,15H2,1H3,(H,18,20). The van der Waals surface area contributed by atoms with Gasteiger partial charge in [-0.05, 0) is 18.6 Å². The van der Waals surface area contributed by atoms with Crippen molar-refractivity contribution in [3.8, 4) is 5.69 Å². The van der Waals surface area contributed by atoms with Gasteiger partial charge in [-0.1, -0.05) is 25.5 Å². The van der Waals surface area contributed by atoms with Crippen molar-refractivity contribution in [2.45, 2.75) is 19.8 Å². The van der Waals surface area contributed by atoms with Gasteiger partial charge < -0.3 is 11.1 Å². The third kappa shape index (κ3) is 3.21. The van der Waals surface area contributed by atoms with Crippen LogP contribution < -0.4 is 11.1 Å². The smallest absolute Gasteiger partial charge is 0.228 e. The molecule has 106 valence electrons. The number of hydrogen-bond acceptors (Lipinski definition) is 4. The van der Waals surface area contributed by atoms with E-state index in [1.807, 2.05) is 31.2 Å². The van der Waals surface area contributed by atoms with Crippen LogP contribution in [0.1, 0.15) is 19.8 Å². The molecule has 0 bridgehead atoms. The first-order valence-corrected chi connectivity index (χ1v) is 6.71. The van der Waals surface area contributed by atoms with Crippen LogP contribution in [-0.4, -0.2) is 27.2 Å². The zero-order valence-electron chi connectivity index (χ0n) is 11.5. The Kier molecular flexibility index (Phi) is 4.84. The molecule has 1 aromatic carbocycles. The van der Waals surface area contributed by atoms with Gasteiger partial charge in [0.05, 0.1) is 17.3 Å². The molecule has 20 heavy (non-hydrogen) atoms. The number of para-hydroxylation sites is 2. The number of nitrogens with zero attached hydrogens (tertiary/aromatic N) is 3. The molecule has 0 spiro atoms. The van der Waals surface area contributed by atoms with Gasteiger partial charge >= 0.3 is 0 Å². The van der Waals surface area contributed by atoms with Crippen LogP contribution in [0, 0.1) is 5.92 Å². The fourth-order valence-electron chi connectivity index (χ4n) is 2.05. The normalized spacial score (nSPS) is 12.1. The molecule has 2 rings (SSSR count). The first-order valence-electron chi connectivity index (χ1n) is 6.71. The van der Waals surface area contributed by atoms with Gasteiger partial charge in [0, 0.05) is 6.54 Å². The van der Waals surface area contributed by atoms with Crippen molar-refractivity contribution >= 4 is 11.6 Å². The summed E-state index contributed by atoms with van der Waals surface area (Å²) in [5.41, 5.74) is 7.15. The molecule has 1 amide bonds. The number of rotatable bonds is 6. The largest absolute Gasteiger partial charge is 0.330 e. The molecule has 0 saturated carbocycles. The topological polar surface area (TPSA) is 85.8 Å². The molecule has 6 heteroatoms. The van der Waals surface area contributed by atoms with Crippen molar-refractivity contribution in [3.63, 3.8) is 0 Å². The summed E-state index contributed by atoms with van der Waals surface area (Å²) in [5, 5.41) is 7.01. The highest BCUT2D eigenvalue weighted by Gasteiger charge is 2.17. The maximum Gasteiger partial charge on any atom is 0.228 e. The fraction of sp³-hybridized carbons (Fsp3) is 0.357. The summed E-state index contributed by atoms with van der Waals surface area (Å²) in [6.45, 7) is 2.39. The first-order chi connectivity index (χ1) is 9.76. The average molecular weight is 273 g/mol. The molecule has 1 unspecified atom stereocenters. The molecule has 0 radical (unpaired) electrons. The first kappa shape index (κ1) is 14.2. The molecular weight excluding hydrogens is 254 g/mol. The van der Waals surface area contributed by atoms with E-state index in [9.17, 15) is 4.79 Å². The predicted octanol–water partition coefficient (Wildman–Crippen LogP) is 1.58. The number of carbonyl (C=O) groups is 1. The third-order valence-corrected chi connectivity index (χ3v) is 3.12. The zero-order chi connectivity index (χ0) is 14.4. The van der Waals surface area contributed by atoms with Crippen LogP contribution in [0.4, 0.5) is 5.69 Å². The Morgan fingerprint density at radius 2 is 2.25 bits per heavy atom. The summed E-state index contributed by atoms with van der Waals surface area (Å²) in [6, 6.07) is 7.47. The maximum absolute atomic E-state index is 12.2. The van der Waals surface area contributed by atoms with Gasteiger partial charge in [-0.15, -0.1) is 0 Å². The second-order valence-corrected chi connectivity index (χ2v) is 4.57. The van der Waals surface area contributed by atoms with Crippen LogP contribution in [0.3, 0.4) is 0 Å². The van der Waals surface area contributed by atoms with E-state index in [2.05, 4.69) is 15.4 Å². The van der Waals surface area contributed by atoms with Crippen LogP contribution >= 0.6 is 0 Å². The van der Waals surface area contributed by atoms with Crippen molar-refractivity contribution < 1.29 is 4.79 Å². The Balaban J connectivity index is 2.19. The minimum atomic E-state index is -0.163. The second-order valence-electron chi connectivity index (χ2n) is 4.57. The minimum Gasteiger partial charge on any atom is -0.330 e. The highest BCUT2D eigenvalue weighted by Crippen LogP contribution is 2.20. The van der Waals surface area contributed by atoms with Crippen molar-refractivity contribution in [3.05, 3.63) is 36.9 Å². The summed E-state index contributed by atoms with van der Waals surface area (Å²) in [6.07, 6.45) is 4.77. The van der Waals surface area contributed by atoms with E-state index < -0.39 is 0 Å². The van der Waals surface area contributed by atoms with E-state index in [1.165, 1.54) is 6.33 Å². The van der Waals surface area contributed by atoms with E-state index in [-0.39, 0.29) is 11.8 Å². The monoisotopic (exact) mass is 273 g/mol. The van der Waals surface area contributed by atoms with Crippen LogP contribution in [0.5, 0.6) is 0 Å². The summed E-state index contributed by atoms with van der Waals surface area (Å²) in [4.78, 5) is 16.1. The van der Waals surface area contributed by atoms with Gasteiger partial charge in [0.15, 0.2) is 0 Å². The van der Waals surface area contributed by atoms with Crippen LogP contribution in [-0.2, 0) is 4.79 Å². The maximum atomic E-state index is 12.2. The Labute approximate surface area is 118 Å². The van der Waals surface area contributed by atoms with Crippen molar-refractivity contribution in [2.75, 3.05) is 11.9 Å². The van der Waals surface area contributed by atoms with E-state index in [1.54, 1.807) is 11.0 Å². The molecule has 0 fully saturated rings. The fourth-order valence-corrected chi connectivity index (χ4v) is 2.05. The molecule has 1 aromatic heterocycles. The highest BCUT2D eigenvalue weighted by atomic mass is 16.1. The summed E-state index contributed by atoms with van der Waals surface area (Å²) in [5.74, 6) is -0.217. The molecule has 0 aliphatic heterocycles. The van der Waals surface area contributed by atoms with Gasteiger partial charge in [-0.25, -0.2) is 9.67 Å². The average Bonchev–Trinajstić information content (AvgIpc) is 2.99. The van der Waals surface area contributed by atoms with E-state index in [0.29, 0.717) is 12.2 Å². The molecule has 1 heterocycles. The quantitative estimate of drug-likeness (QED) is 0.836. The molecular formula is C14H19N5O. The molecule has 6 nitrogen and oxygen atoms in total. The Morgan fingerprint density at radius 1 is 1.45 bits per heavy atom. The molecule has 0 aliphatic rings. The molecule has 0 saturated heterocycles. The summed E-state index contributed by atoms with van der Waals surface area (Å²) < 4.78 is 1.62. The highest BCUT2D eigenvalue weighted by molar-refractivity contribution is 5.94. The van der Waals surface area contributed by atoms with Crippen LogP contribution in [0.2, 0.25) is 0 Å². The van der Waals surface area contributed by atoms with Crippen molar-refractivity contribution in [2.24, 2.45) is 11.7 Å². The second kappa shape index (κ2) is 6.81. The molecule has 3 N–H and O–H groups in total. The number of anilines is 1. The lowest BCUT2D eigenvalue weighted by atomic mass is 10.0. The number of amides is 1. The van der Waals surface area contributed by atoms with Crippen molar-refractivity contribution in [1.29, 1.82) is 0 Å². The number of benzene rings is 1. The molecule has 2 aromatic rings. The van der Waals surface area contributed by atoms with Crippen LogP contribution in [0.25, 0.3) is 5.69 Å². The summed E-state index contributed by atoms with van der Waals surface area (Å²) >= 11 is 0. The van der Waals surface area contributed by atoms with Gasteiger partial charge in [0.1, 0.15) is 12.7 Å². The van der Waals surface area contributed by atoms with E-state index >= 15 is 0 Å². The van der Waals surface area contributed by atoms with Gasteiger partial charge in [0.25, 0.3) is 0 Å². The zero-order valence-corrected chi connectivity index (χ0v) is 11.5. The van der Waals surface area contributed by atoms with Gasteiger partial charge in [-0.2, -0.15) is 5.10 Å². The number of hydrogen-bond donors (Lipinski definition) is 2. The third-order valence-electron chi connectivity index (χ3n) is 3.12. The van der Waals surface area contributed by atoms with E-state index in [4.69, 9.17) is 5.73 Å². The lowest BCUT2D eigenvalue weighted by molar-refractivity contribution is -0.119. The van der Waals surface area contributed by atoms with Gasteiger partial charge in [0.2, 0.25) is 5.91 Å². The predicted molar refractivity (Wildman–Crippen MR) is 77.4 cm³/mol. The number of carbonyl (C=O) groups excluding carboxylic acids is 1. The van der Waals surface area contributed by atoms with E-state index in [0.717, 1.165) is 18.5 Å². The minimum absolute atomic E-state index is 0.0538. The number of nitrogens with two attached hydrogens (primary N) is 1.